The molecule has 0 aromatic heterocycles. The Morgan fingerprint density at radius 2 is 1.84 bits per heavy atom. The second-order valence-corrected chi connectivity index (χ2v) is 5.18. The lowest BCUT2D eigenvalue weighted by Gasteiger charge is -2.22. The quantitative estimate of drug-likeness (QED) is 0.882. The van der Waals surface area contributed by atoms with E-state index in [9.17, 15) is 0 Å². The summed E-state index contributed by atoms with van der Waals surface area (Å²) in [6.07, 6.45) is 0. The van der Waals surface area contributed by atoms with Gasteiger partial charge in [0.25, 0.3) is 0 Å². The van der Waals surface area contributed by atoms with E-state index < -0.39 is 0 Å². The van der Waals surface area contributed by atoms with Crippen LogP contribution in [-0.4, -0.2) is 6.54 Å². The van der Waals surface area contributed by atoms with Crippen LogP contribution in [0.2, 0.25) is 5.02 Å². The highest BCUT2D eigenvalue weighted by Gasteiger charge is 2.12. The van der Waals surface area contributed by atoms with E-state index in [4.69, 9.17) is 17.3 Å². The molecule has 0 fully saturated rings. The van der Waals surface area contributed by atoms with E-state index in [1.165, 1.54) is 11.1 Å². The molecule has 2 aromatic carbocycles. The zero-order valence-corrected chi connectivity index (χ0v) is 12.0. The van der Waals surface area contributed by atoms with E-state index in [-0.39, 0.29) is 6.04 Å². The van der Waals surface area contributed by atoms with Crippen LogP contribution in [0.5, 0.6) is 0 Å². The van der Waals surface area contributed by atoms with Crippen LogP contribution in [0.3, 0.4) is 0 Å². The van der Waals surface area contributed by atoms with E-state index >= 15 is 0 Å². The van der Waals surface area contributed by atoms with Crippen LogP contribution in [0.25, 0.3) is 0 Å². The molecule has 0 bridgehead atoms. The third-order valence-corrected chi connectivity index (χ3v) is 3.56. The number of aryl methyl sites for hydroxylation is 2. The van der Waals surface area contributed by atoms with Gasteiger partial charge in [0, 0.05) is 17.3 Å². The minimum Gasteiger partial charge on any atom is -0.377 e. The summed E-state index contributed by atoms with van der Waals surface area (Å²) in [6.45, 7) is 4.70. The maximum absolute atomic E-state index is 6.05. The van der Waals surface area contributed by atoms with Crippen molar-refractivity contribution in [2.75, 3.05) is 11.9 Å². The minimum atomic E-state index is 0.0957. The Balaban J connectivity index is 2.29. The van der Waals surface area contributed by atoms with E-state index in [1.807, 2.05) is 30.3 Å². The standard InChI is InChI=1S/C16H19ClN2/c1-11-5-3-4-6-14(11)16(10-18)19-15-9-13(17)8-7-12(15)2/h3-9,16,19H,10,18H2,1-2H3. The van der Waals surface area contributed by atoms with Crippen molar-refractivity contribution in [1.82, 2.24) is 0 Å². The van der Waals surface area contributed by atoms with Gasteiger partial charge in [-0.1, -0.05) is 41.9 Å². The molecule has 19 heavy (non-hydrogen) atoms. The summed E-state index contributed by atoms with van der Waals surface area (Å²) >= 11 is 6.05. The van der Waals surface area contributed by atoms with Crippen molar-refractivity contribution in [1.29, 1.82) is 0 Å². The summed E-state index contributed by atoms with van der Waals surface area (Å²) in [5, 5.41) is 4.22. The van der Waals surface area contributed by atoms with Gasteiger partial charge in [-0.05, 0) is 42.7 Å². The second kappa shape index (κ2) is 6.09. The lowest BCUT2D eigenvalue weighted by molar-refractivity contribution is 0.782. The fraction of sp³-hybridized carbons (Fsp3) is 0.250. The number of hydrogen-bond donors (Lipinski definition) is 2. The van der Waals surface area contributed by atoms with Gasteiger partial charge in [0.15, 0.2) is 0 Å². The molecule has 0 spiro atoms. The summed E-state index contributed by atoms with van der Waals surface area (Å²) < 4.78 is 0. The van der Waals surface area contributed by atoms with Crippen LogP contribution >= 0.6 is 11.6 Å². The smallest absolute Gasteiger partial charge is 0.0638 e. The van der Waals surface area contributed by atoms with Gasteiger partial charge >= 0.3 is 0 Å². The Labute approximate surface area is 119 Å². The number of halogens is 1. The Morgan fingerprint density at radius 1 is 1.11 bits per heavy atom. The molecule has 0 radical (unpaired) electrons. The lowest BCUT2D eigenvalue weighted by Crippen LogP contribution is -2.21. The molecule has 0 aliphatic heterocycles. The molecular formula is C16H19ClN2. The predicted octanol–water partition coefficient (Wildman–Crippen LogP) is 4.07. The number of anilines is 1. The molecule has 0 amide bonds. The van der Waals surface area contributed by atoms with Crippen LogP contribution < -0.4 is 11.1 Å². The third kappa shape index (κ3) is 3.28. The fourth-order valence-electron chi connectivity index (χ4n) is 2.18. The second-order valence-electron chi connectivity index (χ2n) is 4.75. The zero-order chi connectivity index (χ0) is 13.8. The van der Waals surface area contributed by atoms with E-state index in [1.54, 1.807) is 0 Å². The van der Waals surface area contributed by atoms with Gasteiger partial charge in [0.1, 0.15) is 0 Å². The third-order valence-electron chi connectivity index (χ3n) is 3.33. The fourth-order valence-corrected chi connectivity index (χ4v) is 2.35. The Kier molecular flexibility index (Phi) is 4.46. The summed E-state index contributed by atoms with van der Waals surface area (Å²) in [6, 6.07) is 14.2. The predicted molar refractivity (Wildman–Crippen MR) is 82.8 cm³/mol. The van der Waals surface area contributed by atoms with Crippen molar-refractivity contribution in [3.05, 3.63) is 64.2 Å². The molecule has 1 atom stereocenters. The van der Waals surface area contributed by atoms with Crippen LogP contribution in [0.15, 0.2) is 42.5 Å². The minimum absolute atomic E-state index is 0.0957. The molecule has 0 saturated carbocycles. The van der Waals surface area contributed by atoms with Crippen molar-refractivity contribution in [2.45, 2.75) is 19.9 Å². The summed E-state index contributed by atoms with van der Waals surface area (Å²) in [5.74, 6) is 0. The van der Waals surface area contributed by atoms with Crippen LogP contribution in [0, 0.1) is 13.8 Å². The van der Waals surface area contributed by atoms with Gasteiger partial charge in [0.05, 0.1) is 6.04 Å². The summed E-state index contributed by atoms with van der Waals surface area (Å²) in [5.41, 5.74) is 10.6. The maximum atomic E-state index is 6.05. The summed E-state index contributed by atoms with van der Waals surface area (Å²) in [7, 11) is 0. The number of nitrogens with one attached hydrogen (secondary N) is 1. The molecule has 100 valence electrons. The average Bonchev–Trinajstić information content (AvgIpc) is 2.41. The molecule has 0 aliphatic rings. The normalized spacial score (nSPS) is 12.2. The Bertz CT molecular complexity index is 566. The maximum Gasteiger partial charge on any atom is 0.0638 e. The SMILES string of the molecule is Cc1ccc(Cl)cc1NC(CN)c1ccccc1C. The first-order chi connectivity index (χ1) is 9.11. The highest BCUT2D eigenvalue weighted by Crippen LogP contribution is 2.26. The molecule has 2 aromatic rings. The first-order valence-corrected chi connectivity index (χ1v) is 6.78. The highest BCUT2D eigenvalue weighted by atomic mass is 35.5. The van der Waals surface area contributed by atoms with Gasteiger partial charge < -0.3 is 11.1 Å². The van der Waals surface area contributed by atoms with E-state index in [2.05, 4.69) is 31.3 Å². The van der Waals surface area contributed by atoms with Crippen LogP contribution in [0.4, 0.5) is 5.69 Å². The van der Waals surface area contributed by atoms with Gasteiger partial charge in [-0.3, -0.25) is 0 Å². The molecule has 2 rings (SSSR count). The summed E-state index contributed by atoms with van der Waals surface area (Å²) in [4.78, 5) is 0. The van der Waals surface area contributed by atoms with E-state index in [0.29, 0.717) is 6.54 Å². The zero-order valence-electron chi connectivity index (χ0n) is 11.3. The molecule has 3 heteroatoms. The van der Waals surface area contributed by atoms with Gasteiger partial charge in [-0.2, -0.15) is 0 Å². The van der Waals surface area contributed by atoms with Gasteiger partial charge in [-0.15, -0.1) is 0 Å². The van der Waals surface area contributed by atoms with Crippen molar-refractivity contribution >= 4 is 17.3 Å². The first-order valence-electron chi connectivity index (χ1n) is 6.40. The topological polar surface area (TPSA) is 38.0 Å². The molecule has 0 saturated heterocycles. The van der Waals surface area contributed by atoms with Gasteiger partial charge in [-0.25, -0.2) is 0 Å². The molecule has 3 N–H and O–H groups in total. The molecule has 0 aliphatic carbocycles. The largest absolute Gasteiger partial charge is 0.377 e. The van der Waals surface area contributed by atoms with Crippen molar-refractivity contribution in [2.24, 2.45) is 5.73 Å². The van der Waals surface area contributed by atoms with Crippen molar-refractivity contribution in [3.8, 4) is 0 Å². The number of benzene rings is 2. The van der Waals surface area contributed by atoms with Gasteiger partial charge in [0.2, 0.25) is 0 Å². The molecule has 0 heterocycles. The molecular weight excluding hydrogens is 256 g/mol. The molecule has 2 nitrogen and oxygen atoms in total. The Hall–Kier alpha value is -1.51. The molecule has 1 unspecified atom stereocenters. The number of nitrogens with two attached hydrogens (primary N) is 1. The van der Waals surface area contributed by atoms with E-state index in [0.717, 1.165) is 16.3 Å². The first kappa shape index (κ1) is 13.9. The highest BCUT2D eigenvalue weighted by molar-refractivity contribution is 6.30. The monoisotopic (exact) mass is 274 g/mol. The van der Waals surface area contributed by atoms with Crippen LogP contribution in [-0.2, 0) is 0 Å². The van der Waals surface area contributed by atoms with Crippen LogP contribution in [0.1, 0.15) is 22.7 Å². The lowest BCUT2D eigenvalue weighted by atomic mass is 10.0. The van der Waals surface area contributed by atoms with Crippen molar-refractivity contribution < 1.29 is 0 Å². The van der Waals surface area contributed by atoms with Crippen molar-refractivity contribution in [3.63, 3.8) is 0 Å². The average molecular weight is 275 g/mol. The number of hydrogen-bond acceptors (Lipinski definition) is 2. The number of rotatable bonds is 4. The Morgan fingerprint density at radius 3 is 2.53 bits per heavy atom.